The lowest BCUT2D eigenvalue weighted by Crippen LogP contribution is -3.14. The Bertz CT molecular complexity index is 458. The highest BCUT2D eigenvalue weighted by Gasteiger charge is 2.15. The monoisotopic (exact) mass is 292 g/mol. The van der Waals surface area contributed by atoms with Crippen LogP contribution in [-0.4, -0.2) is 51.2 Å². The van der Waals surface area contributed by atoms with Crippen LogP contribution in [0.3, 0.4) is 0 Å². The van der Waals surface area contributed by atoms with Gasteiger partial charge in [-0.3, -0.25) is 9.59 Å². The zero-order valence-electron chi connectivity index (χ0n) is 12.1. The third-order valence-electron chi connectivity index (χ3n) is 3.43. The molecule has 114 valence electrons. The fourth-order valence-corrected chi connectivity index (χ4v) is 2.24. The smallest absolute Gasteiger partial charge is 0.313 e. The van der Waals surface area contributed by atoms with Crippen molar-refractivity contribution in [1.29, 1.82) is 0 Å². The quantitative estimate of drug-likeness (QED) is 0.484. The summed E-state index contributed by atoms with van der Waals surface area (Å²) in [4.78, 5) is 24.8. The number of morpholine rings is 1. The van der Waals surface area contributed by atoms with Crippen LogP contribution in [0.4, 0.5) is 5.69 Å². The van der Waals surface area contributed by atoms with Crippen molar-refractivity contribution in [3.8, 4) is 0 Å². The molecular formula is C15H22N3O3+. The molecule has 1 aliphatic rings. The summed E-state index contributed by atoms with van der Waals surface area (Å²) in [5.74, 6) is -1.21. The Labute approximate surface area is 124 Å². The number of hydrogen-bond acceptors (Lipinski definition) is 3. The van der Waals surface area contributed by atoms with Crippen LogP contribution in [-0.2, 0) is 14.3 Å². The van der Waals surface area contributed by atoms with Gasteiger partial charge in [0, 0.05) is 18.7 Å². The Hall–Kier alpha value is -1.92. The van der Waals surface area contributed by atoms with Crippen LogP contribution in [0.5, 0.6) is 0 Å². The number of quaternary nitrogens is 1. The van der Waals surface area contributed by atoms with Gasteiger partial charge < -0.3 is 20.3 Å². The van der Waals surface area contributed by atoms with E-state index in [0.717, 1.165) is 39.3 Å². The van der Waals surface area contributed by atoms with Crippen LogP contribution in [0.1, 0.15) is 6.42 Å². The summed E-state index contributed by atoms with van der Waals surface area (Å²) >= 11 is 0. The molecule has 0 unspecified atom stereocenters. The highest BCUT2D eigenvalue weighted by atomic mass is 16.5. The first kappa shape index (κ1) is 15.5. The molecule has 1 saturated heterocycles. The molecule has 0 atom stereocenters. The number of carbonyl (C=O) groups is 2. The average Bonchev–Trinajstić information content (AvgIpc) is 2.53. The lowest BCUT2D eigenvalue weighted by molar-refractivity contribution is -0.908. The molecule has 0 aliphatic carbocycles. The molecule has 3 N–H and O–H groups in total. The van der Waals surface area contributed by atoms with Gasteiger partial charge in [-0.2, -0.15) is 0 Å². The predicted molar refractivity (Wildman–Crippen MR) is 79.1 cm³/mol. The van der Waals surface area contributed by atoms with Crippen molar-refractivity contribution >= 4 is 17.5 Å². The minimum absolute atomic E-state index is 0.519. The fourth-order valence-electron chi connectivity index (χ4n) is 2.24. The van der Waals surface area contributed by atoms with Crippen molar-refractivity contribution in [2.75, 3.05) is 44.7 Å². The Kier molecular flexibility index (Phi) is 6.18. The maximum absolute atomic E-state index is 11.7. The number of benzene rings is 1. The normalized spacial score (nSPS) is 15.4. The second-order valence-corrected chi connectivity index (χ2v) is 5.04. The van der Waals surface area contributed by atoms with Crippen LogP contribution in [0.15, 0.2) is 30.3 Å². The van der Waals surface area contributed by atoms with Crippen molar-refractivity contribution < 1.29 is 19.2 Å². The van der Waals surface area contributed by atoms with E-state index in [1.165, 1.54) is 4.90 Å². The summed E-state index contributed by atoms with van der Waals surface area (Å²) in [7, 11) is 0. The maximum Gasteiger partial charge on any atom is 0.313 e. The van der Waals surface area contributed by atoms with Gasteiger partial charge in [0.05, 0.1) is 19.8 Å². The number of hydrogen-bond donors (Lipinski definition) is 3. The van der Waals surface area contributed by atoms with E-state index >= 15 is 0 Å². The molecule has 1 aromatic rings. The summed E-state index contributed by atoms with van der Waals surface area (Å²) in [6.45, 7) is 5.16. The zero-order valence-corrected chi connectivity index (χ0v) is 12.1. The Balaban J connectivity index is 1.61. The molecule has 2 amide bonds. The molecule has 1 heterocycles. The van der Waals surface area contributed by atoms with Gasteiger partial charge in [-0.15, -0.1) is 0 Å². The van der Waals surface area contributed by atoms with E-state index in [4.69, 9.17) is 4.74 Å². The maximum atomic E-state index is 11.7. The van der Waals surface area contributed by atoms with E-state index in [-0.39, 0.29) is 0 Å². The highest BCUT2D eigenvalue weighted by Crippen LogP contribution is 2.04. The molecule has 0 radical (unpaired) electrons. The predicted octanol–water partition coefficient (Wildman–Crippen LogP) is -0.953. The van der Waals surface area contributed by atoms with E-state index in [1.54, 1.807) is 24.3 Å². The molecule has 6 heteroatoms. The van der Waals surface area contributed by atoms with E-state index in [9.17, 15) is 9.59 Å². The third kappa shape index (κ3) is 5.53. The summed E-state index contributed by atoms with van der Waals surface area (Å²) in [5, 5.41) is 5.21. The Morgan fingerprint density at radius 1 is 1.10 bits per heavy atom. The van der Waals surface area contributed by atoms with Crippen molar-refractivity contribution in [1.82, 2.24) is 5.32 Å². The number of para-hydroxylation sites is 1. The molecule has 1 aromatic carbocycles. The van der Waals surface area contributed by atoms with Gasteiger partial charge in [0.25, 0.3) is 0 Å². The second-order valence-electron chi connectivity index (χ2n) is 5.04. The van der Waals surface area contributed by atoms with Crippen LogP contribution in [0.25, 0.3) is 0 Å². The minimum atomic E-state index is -0.625. The molecule has 0 bridgehead atoms. The number of rotatable bonds is 5. The van der Waals surface area contributed by atoms with E-state index < -0.39 is 11.8 Å². The van der Waals surface area contributed by atoms with Gasteiger partial charge >= 0.3 is 11.8 Å². The van der Waals surface area contributed by atoms with Crippen molar-refractivity contribution in [3.05, 3.63) is 30.3 Å². The van der Waals surface area contributed by atoms with E-state index in [2.05, 4.69) is 10.6 Å². The zero-order chi connectivity index (χ0) is 14.9. The van der Waals surface area contributed by atoms with Crippen LogP contribution < -0.4 is 15.5 Å². The lowest BCUT2D eigenvalue weighted by atomic mass is 10.3. The van der Waals surface area contributed by atoms with Crippen LogP contribution in [0.2, 0.25) is 0 Å². The Morgan fingerprint density at radius 3 is 2.52 bits per heavy atom. The summed E-state index contributed by atoms with van der Waals surface area (Å²) in [5.41, 5.74) is 0.621. The number of carbonyl (C=O) groups excluding carboxylic acids is 2. The number of ether oxygens (including phenoxy) is 1. The molecule has 6 nitrogen and oxygen atoms in total. The first-order valence-corrected chi connectivity index (χ1v) is 7.31. The first-order valence-electron chi connectivity index (χ1n) is 7.31. The minimum Gasteiger partial charge on any atom is -0.370 e. The van der Waals surface area contributed by atoms with Crippen LogP contribution >= 0.6 is 0 Å². The van der Waals surface area contributed by atoms with Gasteiger partial charge in [-0.25, -0.2) is 0 Å². The van der Waals surface area contributed by atoms with Gasteiger partial charge in [0.15, 0.2) is 0 Å². The summed E-state index contributed by atoms with van der Waals surface area (Å²) in [6.07, 6.45) is 0.861. The molecule has 0 aromatic heterocycles. The van der Waals surface area contributed by atoms with Crippen molar-refractivity contribution in [2.24, 2.45) is 0 Å². The molecule has 1 aliphatic heterocycles. The standard InChI is InChI=1S/C15H21N3O3/c19-14(15(20)17-13-5-2-1-3-6-13)16-7-4-8-18-9-11-21-12-10-18/h1-3,5-6H,4,7-12H2,(H,16,19)(H,17,20)/p+1. The second kappa shape index (κ2) is 8.39. The van der Waals surface area contributed by atoms with Crippen molar-refractivity contribution in [3.63, 3.8) is 0 Å². The molecule has 1 fully saturated rings. The topological polar surface area (TPSA) is 71.9 Å². The number of amides is 2. The molecule has 0 saturated carbocycles. The van der Waals surface area contributed by atoms with Gasteiger partial charge in [-0.1, -0.05) is 18.2 Å². The Morgan fingerprint density at radius 2 is 1.81 bits per heavy atom. The van der Waals surface area contributed by atoms with Gasteiger partial charge in [0.1, 0.15) is 13.1 Å². The van der Waals surface area contributed by atoms with Crippen LogP contribution in [0, 0.1) is 0 Å². The van der Waals surface area contributed by atoms with Crippen molar-refractivity contribution in [2.45, 2.75) is 6.42 Å². The highest BCUT2D eigenvalue weighted by molar-refractivity contribution is 6.39. The van der Waals surface area contributed by atoms with Gasteiger partial charge in [-0.05, 0) is 12.1 Å². The lowest BCUT2D eigenvalue weighted by Gasteiger charge is -2.23. The largest absolute Gasteiger partial charge is 0.370 e. The summed E-state index contributed by atoms with van der Waals surface area (Å²) in [6, 6.07) is 8.95. The number of anilines is 1. The first-order chi connectivity index (χ1) is 10.3. The van der Waals surface area contributed by atoms with E-state index in [1.807, 2.05) is 6.07 Å². The average molecular weight is 292 g/mol. The molecule has 21 heavy (non-hydrogen) atoms. The van der Waals surface area contributed by atoms with E-state index in [0.29, 0.717) is 12.2 Å². The molecule has 2 rings (SSSR count). The SMILES string of the molecule is O=C(NCCC[NH+]1CCOCC1)C(=O)Nc1ccccc1. The molecule has 0 spiro atoms. The summed E-state index contributed by atoms with van der Waals surface area (Å²) < 4.78 is 5.29. The third-order valence-corrected chi connectivity index (χ3v) is 3.43. The molecular weight excluding hydrogens is 270 g/mol. The fraction of sp³-hybridized carbons (Fsp3) is 0.467. The number of nitrogens with one attached hydrogen (secondary N) is 3. The van der Waals surface area contributed by atoms with Gasteiger partial charge in [0.2, 0.25) is 0 Å².